The topological polar surface area (TPSA) is 53.1 Å². The van der Waals surface area contributed by atoms with Crippen molar-refractivity contribution in [1.82, 2.24) is 14.9 Å². The maximum atomic E-state index is 4.40. The Morgan fingerprint density at radius 2 is 2.00 bits per heavy atom. The average Bonchev–Trinajstić information content (AvgIpc) is 2.28. The van der Waals surface area contributed by atoms with Crippen LogP contribution in [-0.4, -0.2) is 48.1 Å². The number of likely N-dealkylation sites (N-methyl/N-ethyl adjacent to an activating group) is 1. The molecule has 0 aliphatic heterocycles. The largest absolute Gasteiger partial charge is 0.368 e. The molecule has 0 atom stereocenters. The summed E-state index contributed by atoms with van der Waals surface area (Å²) in [7, 11) is 5.97. The predicted octanol–water partition coefficient (Wildman–Crippen LogP) is 1.58. The van der Waals surface area contributed by atoms with Crippen molar-refractivity contribution in [3.63, 3.8) is 0 Å². The van der Waals surface area contributed by atoms with Gasteiger partial charge in [-0.05, 0) is 34.9 Å². The highest BCUT2D eigenvalue weighted by molar-refractivity contribution is 5.46. The van der Waals surface area contributed by atoms with E-state index in [0.29, 0.717) is 5.95 Å². The number of nitrogens with one attached hydrogen (secondary N) is 2. The SMILES string of the molecule is CNc1ncc(C)c(NCC(C)(C)N(C)C)n1. The first-order chi connectivity index (χ1) is 7.86. The van der Waals surface area contributed by atoms with Gasteiger partial charge in [-0.3, -0.25) is 0 Å². The predicted molar refractivity (Wildman–Crippen MR) is 72.6 cm³/mol. The van der Waals surface area contributed by atoms with Gasteiger partial charge in [0.15, 0.2) is 0 Å². The van der Waals surface area contributed by atoms with Crippen LogP contribution in [0.5, 0.6) is 0 Å². The Kier molecular flexibility index (Phi) is 4.28. The van der Waals surface area contributed by atoms with Crippen molar-refractivity contribution in [3.05, 3.63) is 11.8 Å². The summed E-state index contributed by atoms with van der Waals surface area (Å²) < 4.78 is 0. The van der Waals surface area contributed by atoms with Crippen molar-refractivity contribution in [2.75, 3.05) is 38.3 Å². The van der Waals surface area contributed by atoms with Gasteiger partial charge in [-0.25, -0.2) is 4.98 Å². The molecule has 1 heterocycles. The molecule has 0 spiro atoms. The lowest BCUT2D eigenvalue weighted by Crippen LogP contribution is -2.44. The molecule has 0 unspecified atom stereocenters. The van der Waals surface area contributed by atoms with Crippen LogP contribution in [0.2, 0.25) is 0 Å². The van der Waals surface area contributed by atoms with E-state index < -0.39 is 0 Å². The lowest BCUT2D eigenvalue weighted by Gasteiger charge is -2.33. The second-order valence-electron chi connectivity index (χ2n) is 5.04. The van der Waals surface area contributed by atoms with Gasteiger partial charge in [-0.2, -0.15) is 4.98 Å². The lowest BCUT2D eigenvalue weighted by molar-refractivity contribution is 0.210. The van der Waals surface area contributed by atoms with Crippen LogP contribution in [-0.2, 0) is 0 Å². The Hall–Kier alpha value is -1.36. The van der Waals surface area contributed by atoms with E-state index in [1.807, 2.05) is 20.2 Å². The van der Waals surface area contributed by atoms with E-state index in [-0.39, 0.29) is 5.54 Å². The fraction of sp³-hybridized carbons (Fsp3) is 0.667. The Bertz CT molecular complexity index is 373. The number of hydrogen-bond acceptors (Lipinski definition) is 5. The molecule has 17 heavy (non-hydrogen) atoms. The molecule has 0 saturated carbocycles. The summed E-state index contributed by atoms with van der Waals surface area (Å²) in [6, 6.07) is 0. The lowest BCUT2D eigenvalue weighted by atomic mass is 10.0. The fourth-order valence-corrected chi connectivity index (χ4v) is 1.20. The van der Waals surface area contributed by atoms with E-state index in [9.17, 15) is 0 Å². The van der Waals surface area contributed by atoms with Crippen LogP contribution in [0.1, 0.15) is 19.4 Å². The minimum absolute atomic E-state index is 0.0806. The summed E-state index contributed by atoms with van der Waals surface area (Å²) in [5, 5.41) is 6.32. The third-order valence-corrected chi connectivity index (χ3v) is 3.09. The minimum Gasteiger partial charge on any atom is -0.368 e. The summed E-state index contributed by atoms with van der Waals surface area (Å²) >= 11 is 0. The first kappa shape index (κ1) is 13.7. The van der Waals surface area contributed by atoms with Crippen molar-refractivity contribution in [3.8, 4) is 0 Å². The summed E-state index contributed by atoms with van der Waals surface area (Å²) in [5.41, 5.74) is 1.13. The van der Waals surface area contributed by atoms with Gasteiger partial charge >= 0.3 is 0 Å². The highest BCUT2D eigenvalue weighted by Crippen LogP contribution is 2.15. The van der Waals surface area contributed by atoms with E-state index in [0.717, 1.165) is 17.9 Å². The molecular weight excluding hydrogens is 214 g/mol. The molecule has 2 N–H and O–H groups in total. The second-order valence-corrected chi connectivity index (χ2v) is 5.04. The van der Waals surface area contributed by atoms with E-state index >= 15 is 0 Å². The number of aromatic nitrogens is 2. The van der Waals surface area contributed by atoms with Crippen LogP contribution >= 0.6 is 0 Å². The molecule has 5 nitrogen and oxygen atoms in total. The van der Waals surface area contributed by atoms with Gasteiger partial charge in [-0.15, -0.1) is 0 Å². The molecule has 0 aliphatic rings. The zero-order valence-electron chi connectivity index (χ0n) is 11.6. The number of nitrogens with zero attached hydrogens (tertiary/aromatic N) is 3. The number of rotatable bonds is 5. The van der Waals surface area contributed by atoms with Gasteiger partial charge in [0, 0.05) is 30.9 Å². The van der Waals surface area contributed by atoms with Crippen molar-refractivity contribution >= 4 is 11.8 Å². The van der Waals surface area contributed by atoms with E-state index in [4.69, 9.17) is 0 Å². The third-order valence-electron chi connectivity index (χ3n) is 3.09. The van der Waals surface area contributed by atoms with Crippen LogP contribution in [0.25, 0.3) is 0 Å². The van der Waals surface area contributed by atoms with E-state index in [1.165, 1.54) is 0 Å². The molecule has 0 bridgehead atoms. The van der Waals surface area contributed by atoms with Crippen LogP contribution in [0, 0.1) is 6.92 Å². The summed E-state index contributed by atoms with van der Waals surface area (Å²) in [6.45, 7) is 7.22. The van der Waals surface area contributed by atoms with Crippen LogP contribution in [0.15, 0.2) is 6.20 Å². The van der Waals surface area contributed by atoms with Gasteiger partial charge in [0.2, 0.25) is 5.95 Å². The first-order valence-electron chi connectivity index (χ1n) is 5.79. The second kappa shape index (κ2) is 5.31. The van der Waals surface area contributed by atoms with Crippen molar-refractivity contribution < 1.29 is 0 Å². The fourth-order valence-electron chi connectivity index (χ4n) is 1.20. The Morgan fingerprint density at radius 3 is 2.53 bits per heavy atom. The van der Waals surface area contributed by atoms with E-state index in [2.05, 4.69) is 53.4 Å². The van der Waals surface area contributed by atoms with Crippen molar-refractivity contribution in [2.45, 2.75) is 26.3 Å². The molecular formula is C12H23N5. The molecule has 5 heteroatoms. The summed E-state index contributed by atoms with van der Waals surface area (Å²) in [5.74, 6) is 1.53. The van der Waals surface area contributed by atoms with Gasteiger partial charge < -0.3 is 15.5 Å². The van der Waals surface area contributed by atoms with Crippen LogP contribution in [0.3, 0.4) is 0 Å². The Labute approximate surface area is 104 Å². The quantitative estimate of drug-likeness (QED) is 0.814. The molecule has 0 aliphatic carbocycles. The monoisotopic (exact) mass is 237 g/mol. The van der Waals surface area contributed by atoms with Crippen LogP contribution in [0.4, 0.5) is 11.8 Å². The molecule has 96 valence electrons. The maximum Gasteiger partial charge on any atom is 0.224 e. The minimum atomic E-state index is 0.0806. The zero-order chi connectivity index (χ0) is 13.1. The molecule has 0 radical (unpaired) electrons. The summed E-state index contributed by atoms with van der Waals surface area (Å²) in [4.78, 5) is 10.8. The van der Waals surface area contributed by atoms with E-state index in [1.54, 1.807) is 0 Å². The van der Waals surface area contributed by atoms with Gasteiger partial charge in [0.05, 0.1) is 0 Å². The Balaban J connectivity index is 2.75. The molecule has 1 aromatic heterocycles. The average molecular weight is 237 g/mol. The normalized spacial score (nSPS) is 11.7. The number of hydrogen-bond donors (Lipinski definition) is 2. The molecule has 1 rings (SSSR count). The molecule has 0 fully saturated rings. The van der Waals surface area contributed by atoms with Gasteiger partial charge in [-0.1, -0.05) is 0 Å². The smallest absolute Gasteiger partial charge is 0.224 e. The molecule has 0 amide bonds. The molecule has 1 aromatic rings. The van der Waals surface area contributed by atoms with Crippen molar-refractivity contribution in [1.29, 1.82) is 0 Å². The zero-order valence-corrected chi connectivity index (χ0v) is 11.6. The number of aryl methyl sites for hydroxylation is 1. The van der Waals surface area contributed by atoms with Crippen LogP contribution < -0.4 is 10.6 Å². The molecule has 0 aromatic carbocycles. The third kappa shape index (κ3) is 3.56. The van der Waals surface area contributed by atoms with Gasteiger partial charge in [0.1, 0.15) is 5.82 Å². The Morgan fingerprint density at radius 1 is 1.35 bits per heavy atom. The summed E-state index contributed by atoms with van der Waals surface area (Å²) in [6.07, 6.45) is 1.82. The highest BCUT2D eigenvalue weighted by atomic mass is 15.2. The molecule has 0 saturated heterocycles. The van der Waals surface area contributed by atoms with Crippen molar-refractivity contribution in [2.24, 2.45) is 0 Å². The number of anilines is 2. The standard InChI is InChI=1S/C12H23N5/c1-9-7-14-11(13-4)16-10(9)15-8-12(2,3)17(5)6/h7H,8H2,1-6H3,(H2,13,14,15,16). The highest BCUT2D eigenvalue weighted by Gasteiger charge is 2.20. The first-order valence-corrected chi connectivity index (χ1v) is 5.79. The maximum absolute atomic E-state index is 4.40. The van der Waals surface area contributed by atoms with Gasteiger partial charge in [0.25, 0.3) is 0 Å².